The number of hydrogen-bond acceptors (Lipinski definition) is 4. The fourth-order valence-electron chi connectivity index (χ4n) is 2.91. The lowest BCUT2D eigenvalue weighted by atomic mass is 10.1. The van der Waals surface area contributed by atoms with Gasteiger partial charge in [0.15, 0.2) is 0 Å². The number of aromatic nitrogens is 3. The van der Waals surface area contributed by atoms with Crippen LogP contribution in [0.1, 0.15) is 15.9 Å². The van der Waals surface area contributed by atoms with Crippen molar-refractivity contribution in [2.45, 2.75) is 6.92 Å². The predicted octanol–water partition coefficient (Wildman–Crippen LogP) is 3.97. The summed E-state index contributed by atoms with van der Waals surface area (Å²) in [5, 5.41) is 2.93. The molecule has 0 aliphatic carbocycles. The van der Waals surface area contributed by atoms with E-state index in [0.717, 1.165) is 16.8 Å². The molecule has 4 rings (SSSR count). The molecule has 2 aromatic heterocycles. The Morgan fingerprint density at radius 1 is 1.15 bits per heavy atom. The van der Waals surface area contributed by atoms with Crippen LogP contribution in [0.3, 0.4) is 0 Å². The van der Waals surface area contributed by atoms with Crippen LogP contribution in [0.15, 0.2) is 67.1 Å². The second-order valence-corrected chi connectivity index (χ2v) is 6.19. The third kappa shape index (κ3) is 3.37. The molecule has 134 valence electrons. The Kier molecular flexibility index (Phi) is 4.30. The first-order valence-corrected chi connectivity index (χ1v) is 8.50. The summed E-state index contributed by atoms with van der Waals surface area (Å²) < 4.78 is 7.25. The molecule has 0 aliphatic rings. The maximum atomic E-state index is 12.6. The van der Waals surface area contributed by atoms with Crippen molar-refractivity contribution in [3.63, 3.8) is 0 Å². The van der Waals surface area contributed by atoms with Gasteiger partial charge in [0, 0.05) is 29.7 Å². The van der Waals surface area contributed by atoms with Crippen molar-refractivity contribution in [1.29, 1.82) is 0 Å². The molecule has 1 N–H and O–H groups in total. The number of benzene rings is 2. The maximum Gasteiger partial charge on any atom is 0.255 e. The van der Waals surface area contributed by atoms with Crippen molar-refractivity contribution < 1.29 is 9.53 Å². The lowest BCUT2D eigenvalue weighted by Gasteiger charge is -2.12. The minimum Gasteiger partial charge on any atom is -0.495 e. The quantitative estimate of drug-likeness (QED) is 0.599. The molecule has 0 unspecified atom stereocenters. The van der Waals surface area contributed by atoms with E-state index in [0.29, 0.717) is 22.8 Å². The number of nitrogens with one attached hydrogen (secondary N) is 1. The Morgan fingerprint density at radius 2 is 2.04 bits per heavy atom. The Bertz CT molecular complexity index is 1100. The van der Waals surface area contributed by atoms with Crippen LogP contribution in [0.2, 0.25) is 0 Å². The van der Waals surface area contributed by atoms with E-state index in [4.69, 9.17) is 4.74 Å². The Labute approximate surface area is 156 Å². The molecule has 0 aliphatic heterocycles. The van der Waals surface area contributed by atoms with Gasteiger partial charge in [-0.2, -0.15) is 0 Å². The Balaban J connectivity index is 1.69. The van der Waals surface area contributed by atoms with Crippen molar-refractivity contribution in [3.8, 4) is 17.0 Å². The fraction of sp³-hybridized carbons (Fsp3) is 0.0952. The van der Waals surface area contributed by atoms with Gasteiger partial charge in [0.25, 0.3) is 5.91 Å². The Morgan fingerprint density at radius 3 is 2.81 bits per heavy atom. The van der Waals surface area contributed by atoms with E-state index >= 15 is 0 Å². The first-order valence-electron chi connectivity index (χ1n) is 8.50. The summed E-state index contributed by atoms with van der Waals surface area (Å²) in [6.07, 6.45) is 5.49. The van der Waals surface area contributed by atoms with E-state index < -0.39 is 0 Å². The van der Waals surface area contributed by atoms with Gasteiger partial charge in [0.1, 0.15) is 5.75 Å². The number of ether oxygens (including phenoxy) is 1. The number of anilines is 1. The van der Waals surface area contributed by atoms with E-state index in [1.54, 1.807) is 19.4 Å². The van der Waals surface area contributed by atoms with Crippen LogP contribution < -0.4 is 10.1 Å². The molecule has 27 heavy (non-hydrogen) atoms. The molecule has 0 radical (unpaired) electrons. The number of nitrogens with zero attached hydrogens (tertiary/aromatic N) is 3. The maximum absolute atomic E-state index is 12.6. The van der Waals surface area contributed by atoms with Crippen LogP contribution >= 0.6 is 0 Å². The van der Waals surface area contributed by atoms with Crippen molar-refractivity contribution >= 4 is 17.4 Å². The van der Waals surface area contributed by atoms with Gasteiger partial charge in [-0.3, -0.25) is 9.20 Å². The van der Waals surface area contributed by atoms with Crippen molar-refractivity contribution in [2.75, 3.05) is 12.4 Å². The summed E-state index contributed by atoms with van der Waals surface area (Å²) in [5.41, 5.74) is 3.84. The van der Waals surface area contributed by atoms with Crippen LogP contribution in [0.25, 0.3) is 17.0 Å². The summed E-state index contributed by atoms with van der Waals surface area (Å²) in [5.74, 6) is 1.01. The number of methoxy groups -OCH3 is 1. The van der Waals surface area contributed by atoms with Crippen LogP contribution in [0.4, 0.5) is 5.69 Å². The number of fused-ring (bicyclic) bond motifs is 1. The van der Waals surface area contributed by atoms with Gasteiger partial charge < -0.3 is 10.1 Å². The molecular formula is C21H18N4O2. The molecular weight excluding hydrogens is 340 g/mol. The summed E-state index contributed by atoms with van der Waals surface area (Å²) in [6.45, 7) is 1.95. The molecule has 0 atom stereocenters. The third-order valence-corrected chi connectivity index (χ3v) is 4.26. The van der Waals surface area contributed by atoms with Gasteiger partial charge in [-0.25, -0.2) is 9.97 Å². The van der Waals surface area contributed by atoms with E-state index in [-0.39, 0.29) is 5.91 Å². The average Bonchev–Trinajstić information content (AvgIpc) is 3.12. The highest BCUT2D eigenvalue weighted by molar-refractivity contribution is 6.05. The highest BCUT2D eigenvalue weighted by Gasteiger charge is 2.13. The third-order valence-electron chi connectivity index (χ3n) is 4.26. The topological polar surface area (TPSA) is 68.5 Å². The van der Waals surface area contributed by atoms with Crippen LogP contribution in [-0.2, 0) is 0 Å². The number of aryl methyl sites for hydroxylation is 1. The van der Waals surface area contributed by atoms with E-state index in [9.17, 15) is 4.79 Å². The van der Waals surface area contributed by atoms with Crippen LogP contribution in [0.5, 0.6) is 5.75 Å². The molecule has 0 saturated heterocycles. The first kappa shape index (κ1) is 16.8. The minimum atomic E-state index is -0.189. The van der Waals surface area contributed by atoms with Gasteiger partial charge >= 0.3 is 0 Å². The normalized spacial score (nSPS) is 10.7. The molecule has 0 saturated carbocycles. The highest BCUT2D eigenvalue weighted by Crippen LogP contribution is 2.30. The number of carbonyl (C=O) groups excluding carboxylic acids is 1. The van der Waals surface area contributed by atoms with Gasteiger partial charge in [0.2, 0.25) is 5.78 Å². The van der Waals surface area contributed by atoms with Gasteiger partial charge in [-0.1, -0.05) is 17.7 Å². The molecule has 1 amide bonds. The summed E-state index contributed by atoms with van der Waals surface area (Å²) in [7, 11) is 1.58. The number of rotatable bonds is 4. The standard InChI is InChI=1S/C21H18N4O2/c1-14-5-3-6-16(11-14)20(26)23-17-12-15(7-8-19(17)27-2)18-13-25-10-4-9-22-21(25)24-18/h3-13H,1-2H3,(H,23,26). The zero-order chi connectivity index (χ0) is 18.8. The number of carbonyl (C=O) groups is 1. The van der Waals surface area contributed by atoms with Gasteiger partial charge in [0.05, 0.1) is 18.5 Å². The monoisotopic (exact) mass is 358 g/mol. The smallest absolute Gasteiger partial charge is 0.255 e. The Hall–Kier alpha value is -3.67. The van der Waals surface area contributed by atoms with Crippen LogP contribution in [-0.4, -0.2) is 27.4 Å². The van der Waals surface area contributed by atoms with Crippen molar-refractivity contribution in [1.82, 2.24) is 14.4 Å². The van der Waals surface area contributed by atoms with Gasteiger partial charge in [-0.15, -0.1) is 0 Å². The first-order chi connectivity index (χ1) is 13.1. The average molecular weight is 358 g/mol. The van der Waals surface area contributed by atoms with E-state index in [1.165, 1.54) is 0 Å². The number of amides is 1. The summed E-state index contributed by atoms with van der Waals surface area (Å²) >= 11 is 0. The second-order valence-electron chi connectivity index (χ2n) is 6.19. The van der Waals surface area contributed by atoms with Crippen LogP contribution in [0, 0.1) is 6.92 Å². The molecule has 0 fully saturated rings. The minimum absolute atomic E-state index is 0.189. The molecule has 0 bridgehead atoms. The zero-order valence-corrected chi connectivity index (χ0v) is 15.0. The predicted molar refractivity (Wildman–Crippen MR) is 104 cm³/mol. The zero-order valence-electron chi connectivity index (χ0n) is 15.0. The van der Waals surface area contributed by atoms with E-state index in [2.05, 4.69) is 15.3 Å². The fourth-order valence-corrected chi connectivity index (χ4v) is 2.91. The second kappa shape index (κ2) is 6.92. The lowest BCUT2D eigenvalue weighted by Crippen LogP contribution is -2.12. The molecule has 6 heteroatoms. The largest absolute Gasteiger partial charge is 0.495 e. The lowest BCUT2D eigenvalue weighted by molar-refractivity contribution is 0.102. The molecule has 0 spiro atoms. The van der Waals surface area contributed by atoms with Crippen molar-refractivity contribution in [3.05, 3.63) is 78.2 Å². The SMILES string of the molecule is COc1ccc(-c2cn3cccnc3n2)cc1NC(=O)c1cccc(C)c1. The molecule has 2 aromatic carbocycles. The molecule has 2 heterocycles. The van der Waals surface area contributed by atoms with Crippen molar-refractivity contribution in [2.24, 2.45) is 0 Å². The summed E-state index contributed by atoms with van der Waals surface area (Å²) in [6, 6.07) is 14.9. The van der Waals surface area contributed by atoms with E-state index in [1.807, 2.05) is 66.2 Å². The molecule has 6 nitrogen and oxygen atoms in total. The highest BCUT2D eigenvalue weighted by atomic mass is 16.5. The number of imidazole rings is 1. The molecule has 4 aromatic rings. The number of hydrogen-bond donors (Lipinski definition) is 1. The summed E-state index contributed by atoms with van der Waals surface area (Å²) in [4.78, 5) is 21.4. The van der Waals surface area contributed by atoms with Gasteiger partial charge in [-0.05, 0) is 43.3 Å².